The summed E-state index contributed by atoms with van der Waals surface area (Å²) in [5, 5.41) is 13.5. The molecule has 0 heterocycles. The van der Waals surface area contributed by atoms with Gasteiger partial charge in [-0.15, -0.1) is 0 Å². The fraction of sp³-hybridized carbons (Fsp3) is 0.967. The molecule has 0 aromatic heterocycles. The Balaban J connectivity index is 0.00000342. The minimum atomic E-state index is -0.0467. The van der Waals surface area contributed by atoms with E-state index in [4.69, 9.17) is 0 Å². The maximum Gasteiger partial charge on any atom is 0.220 e. The van der Waals surface area contributed by atoms with E-state index in [0.717, 1.165) is 73.0 Å². The molecule has 0 saturated heterocycles. The summed E-state index contributed by atoms with van der Waals surface area (Å²) < 4.78 is 0.959. The third-order valence-corrected chi connectivity index (χ3v) is 12.1. The quantitative estimate of drug-likeness (QED) is 0.332. The number of aliphatic hydroxyl groups is 1. The Morgan fingerprint density at radius 2 is 1.71 bits per heavy atom. The molecule has 5 heteroatoms. The number of rotatable bonds is 8. The second kappa shape index (κ2) is 11.5. The first kappa shape index (κ1) is 29.7. The lowest BCUT2D eigenvalue weighted by molar-refractivity contribution is -0.887. The lowest BCUT2D eigenvalue weighted by atomic mass is 9.44. The fourth-order valence-corrected chi connectivity index (χ4v) is 9.52. The molecule has 4 aliphatic rings. The molecule has 0 spiro atoms. The Morgan fingerprint density at radius 3 is 2.43 bits per heavy atom. The highest BCUT2D eigenvalue weighted by molar-refractivity contribution is 5.75. The highest BCUT2D eigenvalue weighted by atomic mass is 127. The number of carbonyl (C=O) groups is 1. The Labute approximate surface area is 233 Å². The molecule has 9 atom stereocenters. The first-order valence-electron chi connectivity index (χ1n) is 14.8. The molecule has 4 fully saturated rings. The number of amides is 1. The number of carbonyl (C=O) groups excluding carboxylic acids is 1. The second-order valence-electron chi connectivity index (χ2n) is 14.2. The lowest BCUT2D eigenvalue weighted by Gasteiger charge is -2.61. The molecule has 35 heavy (non-hydrogen) atoms. The van der Waals surface area contributed by atoms with Gasteiger partial charge < -0.3 is 38.9 Å². The van der Waals surface area contributed by atoms with E-state index >= 15 is 0 Å². The van der Waals surface area contributed by atoms with Gasteiger partial charge in [0.05, 0.1) is 39.8 Å². The van der Waals surface area contributed by atoms with Crippen molar-refractivity contribution in [3.05, 3.63) is 0 Å². The normalized spacial score (nSPS) is 41.7. The van der Waals surface area contributed by atoms with E-state index in [1.54, 1.807) is 0 Å². The third-order valence-electron chi connectivity index (χ3n) is 12.1. The Bertz CT molecular complexity index is 729. The van der Waals surface area contributed by atoms with Crippen molar-refractivity contribution in [2.75, 3.05) is 33.7 Å². The minimum absolute atomic E-state index is 0. The van der Waals surface area contributed by atoms with Gasteiger partial charge in [-0.3, -0.25) is 4.79 Å². The van der Waals surface area contributed by atoms with Crippen molar-refractivity contribution in [3.8, 4) is 0 Å². The number of nitrogens with one attached hydrogen (secondary N) is 1. The van der Waals surface area contributed by atoms with Crippen LogP contribution in [-0.2, 0) is 4.79 Å². The molecule has 0 aromatic carbocycles. The summed E-state index contributed by atoms with van der Waals surface area (Å²) in [6.45, 7) is 12.8. The van der Waals surface area contributed by atoms with E-state index in [1.165, 1.54) is 44.9 Å². The minimum Gasteiger partial charge on any atom is -1.00 e. The van der Waals surface area contributed by atoms with E-state index in [0.29, 0.717) is 23.2 Å². The summed E-state index contributed by atoms with van der Waals surface area (Å²) in [5.41, 5.74) is 0.938. The van der Waals surface area contributed by atoms with Crippen LogP contribution in [0.5, 0.6) is 0 Å². The summed E-state index contributed by atoms with van der Waals surface area (Å²) in [4.78, 5) is 12.5. The topological polar surface area (TPSA) is 49.3 Å². The number of hydrogen-bond acceptors (Lipinski definition) is 2. The summed E-state index contributed by atoms with van der Waals surface area (Å²) in [6, 6.07) is 0. The summed E-state index contributed by atoms with van der Waals surface area (Å²) in [6.07, 6.45) is 13.3. The zero-order chi connectivity index (χ0) is 24.7. The zero-order valence-corrected chi connectivity index (χ0v) is 25.8. The van der Waals surface area contributed by atoms with Gasteiger partial charge in [0.2, 0.25) is 5.91 Å². The number of likely N-dealkylation sites (N-methyl/N-ethyl adjacent to an activating group) is 1. The molecule has 204 valence electrons. The van der Waals surface area contributed by atoms with Crippen LogP contribution in [0.25, 0.3) is 0 Å². The number of hydrogen-bond donors (Lipinski definition) is 2. The zero-order valence-electron chi connectivity index (χ0n) is 23.6. The molecule has 4 nitrogen and oxygen atoms in total. The van der Waals surface area contributed by atoms with Crippen molar-refractivity contribution in [2.24, 2.45) is 46.3 Å². The van der Waals surface area contributed by atoms with Crippen molar-refractivity contribution < 1.29 is 38.4 Å². The number of fused-ring (bicyclic) bond motifs is 5. The van der Waals surface area contributed by atoms with Gasteiger partial charge in [0, 0.05) is 6.42 Å². The number of halogens is 1. The molecule has 1 amide bonds. The molecule has 0 aliphatic heterocycles. The van der Waals surface area contributed by atoms with Crippen LogP contribution in [0.2, 0.25) is 0 Å². The molecule has 0 radical (unpaired) electrons. The molecule has 4 unspecified atom stereocenters. The smallest absolute Gasteiger partial charge is 0.220 e. The molecule has 4 saturated carbocycles. The second-order valence-corrected chi connectivity index (χ2v) is 14.2. The van der Waals surface area contributed by atoms with Crippen LogP contribution in [0.15, 0.2) is 0 Å². The van der Waals surface area contributed by atoms with Gasteiger partial charge in [0.1, 0.15) is 0 Å². The van der Waals surface area contributed by atoms with Crippen LogP contribution in [-0.4, -0.2) is 55.3 Å². The standard InChI is InChI=1S/C30H54N2O2.HI/c1-7-32(5,6)19-18-31-28(34)13-8-21(2)25-11-12-26-24-10-9-22-20-23(33)14-16-29(22,3)27(24)15-17-30(25,26)4;/h21-27,33H,7-20H2,1-6H3;1H/t21-,22?,23-,24?,25-,26?,27?,29+,30-;/m1./s1. The van der Waals surface area contributed by atoms with Gasteiger partial charge in [-0.1, -0.05) is 20.8 Å². The Morgan fingerprint density at radius 1 is 1.03 bits per heavy atom. The molecular weight excluding hydrogens is 547 g/mol. The maximum atomic E-state index is 12.5. The summed E-state index contributed by atoms with van der Waals surface area (Å²) in [7, 11) is 4.45. The van der Waals surface area contributed by atoms with E-state index < -0.39 is 0 Å². The van der Waals surface area contributed by atoms with Crippen molar-refractivity contribution in [2.45, 2.75) is 104 Å². The Hall–Kier alpha value is 0.120. The van der Waals surface area contributed by atoms with Gasteiger partial charge in [-0.2, -0.15) is 0 Å². The molecular formula is C30H55IN2O2. The van der Waals surface area contributed by atoms with Crippen LogP contribution in [0.1, 0.15) is 98.3 Å². The fourth-order valence-electron chi connectivity index (χ4n) is 9.52. The van der Waals surface area contributed by atoms with Crippen LogP contribution in [0.3, 0.4) is 0 Å². The van der Waals surface area contributed by atoms with Gasteiger partial charge in [-0.25, -0.2) is 0 Å². The summed E-state index contributed by atoms with van der Waals surface area (Å²) >= 11 is 0. The number of quaternary nitrogens is 1. The average molecular weight is 603 g/mol. The van der Waals surface area contributed by atoms with E-state index in [-0.39, 0.29) is 36.0 Å². The lowest BCUT2D eigenvalue weighted by Crippen LogP contribution is -3.00. The van der Waals surface area contributed by atoms with Crippen LogP contribution >= 0.6 is 0 Å². The maximum absolute atomic E-state index is 12.5. The Kier molecular flexibility index (Phi) is 9.73. The summed E-state index contributed by atoms with van der Waals surface area (Å²) in [5.74, 6) is 5.07. The number of aliphatic hydroxyl groups excluding tert-OH is 1. The monoisotopic (exact) mass is 602 g/mol. The van der Waals surface area contributed by atoms with Crippen molar-refractivity contribution in [1.29, 1.82) is 0 Å². The van der Waals surface area contributed by atoms with Crippen LogP contribution in [0, 0.1) is 46.3 Å². The molecule has 4 rings (SSSR count). The highest BCUT2D eigenvalue weighted by Gasteiger charge is 2.60. The van der Waals surface area contributed by atoms with Crippen molar-refractivity contribution in [1.82, 2.24) is 5.32 Å². The first-order valence-corrected chi connectivity index (χ1v) is 14.8. The van der Waals surface area contributed by atoms with E-state index in [2.05, 4.69) is 47.1 Å². The molecule has 0 aromatic rings. The van der Waals surface area contributed by atoms with Gasteiger partial charge in [0.25, 0.3) is 0 Å². The predicted molar refractivity (Wildman–Crippen MR) is 140 cm³/mol. The van der Waals surface area contributed by atoms with Gasteiger partial charge in [-0.05, 0) is 117 Å². The predicted octanol–water partition coefficient (Wildman–Crippen LogP) is 2.64. The highest BCUT2D eigenvalue weighted by Crippen LogP contribution is 2.68. The van der Waals surface area contributed by atoms with Gasteiger partial charge >= 0.3 is 0 Å². The molecule has 4 aliphatic carbocycles. The van der Waals surface area contributed by atoms with E-state index in [1.807, 2.05) is 0 Å². The average Bonchev–Trinajstić information content (AvgIpc) is 3.15. The van der Waals surface area contributed by atoms with Crippen LogP contribution < -0.4 is 29.3 Å². The van der Waals surface area contributed by atoms with Crippen LogP contribution in [0.4, 0.5) is 0 Å². The number of nitrogens with zero attached hydrogens (tertiary/aromatic N) is 1. The third kappa shape index (κ3) is 5.92. The van der Waals surface area contributed by atoms with Crippen molar-refractivity contribution >= 4 is 5.91 Å². The molecule has 0 bridgehead atoms. The largest absolute Gasteiger partial charge is 1.00 e. The first-order chi connectivity index (χ1) is 16.0. The SMILES string of the molecule is CC[N+](C)(C)CCNC(=O)CC[C@@H](C)[C@H]1CCC2C3CCC4C[C@H](O)CC[C@]4(C)C3CC[C@@]21C.[I-]. The molecule has 2 N–H and O–H groups in total. The van der Waals surface area contributed by atoms with Gasteiger partial charge in [0.15, 0.2) is 0 Å². The van der Waals surface area contributed by atoms with Crippen molar-refractivity contribution in [3.63, 3.8) is 0 Å². The van der Waals surface area contributed by atoms with E-state index in [9.17, 15) is 9.90 Å².